The Morgan fingerprint density at radius 1 is 1.21 bits per heavy atom. The molecule has 1 fully saturated rings. The first-order valence-electron chi connectivity index (χ1n) is 7.06. The van der Waals surface area contributed by atoms with E-state index in [1.54, 1.807) is 12.1 Å². The van der Waals surface area contributed by atoms with E-state index in [0.29, 0.717) is 24.1 Å². The predicted octanol–water partition coefficient (Wildman–Crippen LogP) is 1.14. The van der Waals surface area contributed by atoms with E-state index in [1.807, 2.05) is 12.1 Å². The summed E-state index contributed by atoms with van der Waals surface area (Å²) in [4.78, 5) is 2.31. The molecule has 0 radical (unpaired) electrons. The summed E-state index contributed by atoms with van der Waals surface area (Å²) in [7, 11) is 0. The number of hydrogen-bond donors (Lipinski definition) is 3. The smallest absolute Gasteiger partial charge is 0.115 e. The Hall–Kier alpha value is -1.10. The highest BCUT2D eigenvalue weighted by molar-refractivity contribution is 5.29. The fourth-order valence-corrected chi connectivity index (χ4v) is 3.04. The van der Waals surface area contributed by atoms with Crippen molar-refractivity contribution in [3.05, 3.63) is 29.8 Å². The van der Waals surface area contributed by atoms with Crippen LogP contribution in [0.3, 0.4) is 0 Å². The highest BCUT2D eigenvalue weighted by Crippen LogP contribution is 2.32. The lowest BCUT2D eigenvalue weighted by Gasteiger charge is -2.35. The van der Waals surface area contributed by atoms with Crippen LogP contribution < -0.4 is 5.73 Å². The van der Waals surface area contributed by atoms with Gasteiger partial charge in [0, 0.05) is 6.54 Å². The number of β-amino-alcohol motifs (C(OH)–C–C–N with tert-alkyl or cyclic N) is 1. The van der Waals surface area contributed by atoms with E-state index in [4.69, 9.17) is 10.8 Å². The van der Waals surface area contributed by atoms with Gasteiger partial charge in [0.15, 0.2) is 0 Å². The molecule has 1 aliphatic rings. The maximum atomic E-state index is 9.35. The zero-order chi connectivity index (χ0) is 13.7. The van der Waals surface area contributed by atoms with E-state index in [0.717, 1.165) is 32.5 Å². The number of likely N-dealkylation sites (tertiary alicyclic amines) is 1. The number of aliphatic hydroxyl groups is 1. The summed E-state index contributed by atoms with van der Waals surface area (Å²) in [6.45, 7) is 3.75. The van der Waals surface area contributed by atoms with Crippen LogP contribution in [0.15, 0.2) is 24.3 Å². The summed E-state index contributed by atoms with van der Waals surface area (Å²) in [6.07, 6.45) is 2.26. The summed E-state index contributed by atoms with van der Waals surface area (Å²) in [5.74, 6) is 1.28. The van der Waals surface area contributed by atoms with Crippen molar-refractivity contribution in [1.82, 2.24) is 4.90 Å². The maximum Gasteiger partial charge on any atom is 0.115 e. The van der Waals surface area contributed by atoms with E-state index in [2.05, 4.69) is 4.90 Å². The molecule has 4 heteroatoms. The van der Waals surface area contributed by atoms with E-state index >= 15 is 0 Å². The van der Waals surface area contributed by atoms with Crippen LogP contribution in [0, 0.1) is 5.92 Å². The van der Waals surface area contributed by atoms with Crippen molar-refractivity contribution in [3.63, 3.8) is 0 Å². The van der Waals surface area contributed by atoms with Crippen LogP contribution in [0.25, 0.3) is 0 Å². The number of aliphatic hydroxyl groups excluding tert-OH is 1. The Balaban J connectivity index is 1.97. The number of benzene rings is 1. The third kappa shape index (κ3) is 3.69. The minimum Gasteiger partial charge on any atom is -0.508 e. The van der Waals surface area contributed by atoms with Crippen molar-refractivity contribution < 1.29 is 10.2 Å². The number of phenolic OH excluding ortho intramolecular Hbond substituents is 1. The average Bonchev–Trinajstić information content (AvgIpc) is 2.44. The number of nitrogens with zero attached hydrogens (tertiary/aromatic N) is 1. The zero-order valence-electron chi connectivity index (χ0n) is 11.3. The molecule has 1 saturated heterocycles. The van der Waals surface area contributed by atoms with Crippen molar-refractivity contribution in [3.8, 4) is 5.75 Å². The van der Waals surface area contributed by atoms with Gasteiger partial charge in [0.05, 0.1) is 6.61 Å². The van der Waals surface area contributed by atoms with Crippen LogP contribution in [0.1, 0.15) is 24.3 Å². The summed E-state index contributed by atoms with van der Waals surface area (Å²) in [5, 5.41) is 18.3. The van der Waals surface area contributed by atoms with Gasteiger partial charge in [-0.05, 0) is 62.0 Å². The van der Waals surface area contributed by atoms with Gasteiger partial charge in [-0.2, -0.15) is 0 Å². The Kier molecular flexibility index (Phi) is 5.19. The van der Waals surface area contributed by atoms with Gasteiger partial charge in [0.1, 0.15) is 5.75 Å². The molecule has 1 atom stereocenters. The monoisotopic (exact) mass is 264 g/mol. The van der Waals surface area contributed by atoms with Gasteiger partial charge in [0.2, 0.25) is 0 Å². The standard InChI is InChI=1S/C15H24N2O2/c16-11-15(12-1-3-14(19)4-2-12)13-5-7-17(8-6-13)9-10-18/h1-4,13,15,18-19H,5-11,16H2. The Morgan fingerprint density at radius 3 is 2.37 bits per heavy atom. The molecule has 0 aromatic heterocycles. The lowest BCUT2D eigenvalue weighted by molar-refractivity contribution is 0.138. The van der Waals surface area contributed by atoms with Gasteiger partial charge in [-0.15, -0.1) is 0 Å². The molecule has 1 unspecified atom stereocenters. The summed E-state index contributed by atoms with van der Waals surface area (Å²) in [5.41, 5.74) is 7.17. The van der Waals surface area contributed by atoms with Crippen LogP contribution in [-0.2, 0) is 0 Å². The number of nitrogens with two attached hydrogens (primary N) is 1. The van der Waals surface area contributed by atoms with E-state index in [1.165, 1.54) is 5.56 Å². The van der Waals surface area contributed by atoms with E-state index < -0.39 is 0 Å². The topological polar surface area (TPSA) is 69.7 Å². The first-order chi connectivity index (χ1) is 9.24. The highest BCUT2D eigenvalue weighted by atomic mass is 16.3. The molecule has 106 valence electrons. The van der Waals surface area contributed by atoms with Gasteiger partial charge in [-0.3, -0.25) is 0 Å². The average molecular weight is 264 g/mol. The molecule has 0 amide bonds. The molecule has 1 aromatic rings. The van der Waals surface area contributed by atoms with Gasteiger partial charge >= 0.3 is 0 Å². The summed E-state index contributed by atoms with van der Waals surface area (Å²) in [6, 6.07) is 7.43. The van der Waals surface area contributed by atoms with Crippen LogP contribution in [0.2, 0.25) is 0 Å². The molecule has 0 spiro atoms. The van der Waals surface area contributed by atoms with Crippen molar-refractivity contribution >= 4 is 0 Å². The Labute approximate surface area is 114 Å². The molecule has 4 N–H and O–H groups in total. The summed E-state index contributed by atoms with van der Waals surface area (Å²) < 4.78 is 0. The number of piperidine rings is 1. The summed E-state index contributed by atoms with van der Waals surface area (Å²) >= 11 is 0. The first-order valence-corrected chi connectivity index (χ1v) is 7.06. The third-order valence-electron chi connectivity index (χ3n) is 4.19. The Bertz CT molecular complexity index is 372. The van der Waals surface area contributed by atoms with Crippen molar-refractivity contribution in [2.45, 2.75) is 18.8 Å². The lowest BCUT2D eigenvalue weighted by Crippen LogP contribution is -2.38. The third-order valence-corrected chi connectivity index (χ3v) is 4.19. The molecule has 0 aliphatic carbocycles. The van der Waals surface area contributed by atoms with Crippen LogP contribution in [0.5, 0.6) is 5.75 Å². The fourth-order valence-electron chi connectivity index (χ4n) is 3.04. The molecule has 1 aliphatic heterocycles. The van der Waals surface area contributed by atoms with Gasteiger partial charge in [-0.1, -0.05) is 12.1 Å². The normalized spacial score (nSPS) is 19.5. The number of aromatic hydroxyl groups is 1. The molecule has 2 rings (SSSR count). The van der Waals surface area contributed by atoms with E-state index in [9.17, 15) is 5.11 Å². The van der Waals surface area contributed by atoms with Crippen LogP contribution >= 0.6 is 0 Å². The van der Waals surface area contributed by atoms with Gasteiger partial charge < -0.3 is 20.8 Å². The Morgan fingerprint density at radius 2 is 1.84 bits per heavy atom. The lowest BCUT2D eigenvalue weighted by atomic mass is 9.80. The zero-order valence-corrected chi connectivity index (χ0v) is 11.3. The first kappa shape index (κ1) is 14.3. The van der Waals surface area contributed by atoms with Crippen molar-refractivity contribution in [2.75, 3.05) is 32.8 Å². The largest absolute Gasteiger partial charge is 0.508 e. The molecule has 4 nitrogen and oxygen atoms in total. The fraction of sp³-hybridized carbons (Fsp3) is 0.600. The number of phenols is 1. The van der Waals surface area contributed by atoms with Crippen molar-refractivity contribution in [2.24, 2.45) is 11.7 Å². The molecule has 1 aromatic carbocycles. The second-order valence-electron chi connectivity index (χ2n) is 5.34. The molecular formula is C15H24N2O2. The van der Waals surface area contributed by atoms with Crippen LogP contribution in [-0.4, -0.2) is 47.9 Å². The molecule has 0 saturated carbocycles. The van der Waals surface area contributed by atoms with Crippen molar-refractivity contribution in [1.29, 1.82) is 0 Å². The second-order valence-corrected chi connectivity index (χ2v) is 5.34. The second kappa shape index (κ2) is 6.89. The molecule has 19 heavy (non-hydrogen) atoms. The van der Waals surface area contributed by atoms with Crippen LogP contribution in [0.4, 0.5) is 0 Å². The number of rotatable bonds is 5. The quantitative estimate of drug-likeness (QED) is 0.746. The minimum absolute atomic E-state index is 0.239. The maximum absolute atomic E-state index is 9.35. The molecule has 0 bridgehead atoms. The highest BCUT2D eigenvalue weighted by Gasteiger charge is 2.26. The minimum atomic E-state index is 0.239. The predicted molar refractivity (Wildman–Crippen MR) is 76.2 cm³/mol. The SMILES string of the molecule is NCC(c1ccc(O)cc1)C1CCN(CCO)CC1. The number of hydrogen-bond acceptors (Lipinski definition) is 4. The van der Waals surface area contributed by atoms with E-state index in [-0.39, 0.29) is 6.61 Å². The molecular weight excluding hydrogens is 240 g/mol. The molecule has 1 heterocycles. The van der Waals surface area contributed by atoms with Gasteiger partial charge in [0.25, 0.3) is 0 Å². The van der Waals surface area contributed by atoms with Gasteiger partial charge in [-0.25, -0.2) is 0 Å².